The fraction of sp³-hybridized carbons (Fsp3) is 0.462. The summed E-state index contributed by atoms with van der Waals surface area (Å²) in [4.78, 5) is 11.7. The predicted octanol–water partition coefficient (Wildman–Crippen LogP) is 2.87. The third-order valence-corrected chi connectivity index (χ3v) is 3.95. The molecule has 0 bridgehead atoms. The van der Waals surface area contributed by atoms with Crippen LogP contribution in [0.1, 0.15) is 18.9 Å². The number of hydrogen-bond donors (Lipinski definition) is 2. The van der Waals surface area contributed by atoms with Crippen molar-refractivity contribution in [1.82, 2.24) is 5.32 Å². The molecule has 0 aromatic heterocycles. The smallest absolute Gasteiger partial charge is 0.412 e. The van der Waals surface area contributed by atoms with Crippen LogP contribution in [0.2, 0.25) is 5.02 Å². The molecule has 1 fully saturated rings. The number of halogens is 2. The van der Waals surface area contributed by atoms with Crippen molar-refractivity contribution in [3.8, 4) is 0 Å². The van der Waals surface area contributed by atoms with Crippen molar-refractivity contribution in [1.29, 1.82) is 0 Å². The summed E-state index contributed by atoms with van der Waals surface area (Å²) in [6.07, 6.45) is 0.0302. The first-order valence-electron chi connectivity index (χ1n) is 6.21. The number of benzene rings is 1. The van der Waals surface area contributed by atoms with Crippen molar-refractivity contribution in [3.63, 3.8) is 0 Å². The second-order valence-electron chi connectivity index (χ2n) is 5.23. The molecule has 0 aliphatic carbocycles. The molecule has 102 valence electrons. The van der Waals surface area contributed by atoms with E-state index in [9.17, 15) is 9.18 Å². The minimum atomic E-state index is -0.968. The van der Waals surface area contributed by atoms with Crippen LogP contribution >= 0.6 is 11.6 Å². The van der Waals surface area contributed by atoms with E-state index in [1.807, 2.05) is 6.92 Å². The Balaban J connectivity index is 2.17. The number of ether oxygens (including phenoxy) is 1. The average Bonchev–Trinajstić information content (AvgIpc) is 2.33. The van der Waals surface area contributed by atoms with Gasteiger partial charge in [-0.15, -0.1) is 0 Å². The monoisotopic (exact) mass is 284 g/mol. The standard InChI is InChI=1S/C13H14ClFN2O2/c1-7-4-13(6-16-5-7)10-9(17-12(18)19-13)3-2-8(14)11(10)15/h2-3,7,16H,4-6H2,1H3,(H,17,18)/t7-,13?/m1/s1. The van der Waals surface area contributed by atoms with Crippen LogP contribution in [0.4, 0.5) is 14.9 Å². The fourth-order valence-corrected chi connectivity index (χ4v) is 3.12. The van der Waals surface area contributed by atoms with Crippen molar-refractivity contribution in [2.75, 3.05) is 18.4 Å². The molecule has 2 N–H and O–H groups in total. The van der Waals surface area contributed by atoms with Gasteiger partial charge in [-0.1, -0.05) is 18.5 Å². The summed E-state index contributed by atoms with van der Waals surface area (Å²) in [5.41, 5.74) is -0.183. The molecule has 0 saturated carbocycles. The summed E-state index contributed by atoms with van der Waals surface area (Å²) in [5.74, 6) is -0.235. The lowest BCUT2D eigenvalue weighted by atomic mass is 9.80. The van der Waals surface area contributed by atoms with Gasteiger partial charge in [-0.3, -0.25) is 5.32 Å². The van der Waals surface area contributed by atoms with Gasteiger partial charge in [0.15, 0.2) is 11.4 Å². The van der Waals surface area contributed by atoms with Gasteiger partial charge in [0.2, 0.25) is 0 Å². The quantitative estimate of drug-likeness (QED) is 0.770. The second-order valence-corrected chi connectivity index (χ2v) is 5.64. The van der Waals surface area contributed by atoms with E-state index in [0.717, 1.165) is 6.54 Å². The molecule has 6 heteroatoms. The third kappa shape index (κ3) is 1.97. The first-order chi connectivity index (χ1) is 9.02. The van der Waals surface area contributed by atoms with Crippen LogP contribution in [-0.4, -0.2) is 19.2 Å². The molecule has 3 rings (SSSR count). The number of fused-ring (bicyclic) bond motifs is 2. The zero-order chi connectivity index (χ0) is 13.6. The van der Waals surface area contributed by atoms with Crippen LogP contribution in [0.3, 0.4) is 0 Å². The van der Waals surface area contributed by atoms with Crippen molar-refractivity contribution >= 4 is 23.4 Å². The Morgan fingerprint density at radius 2 is 2.32 bits per heavy atom. The van der Waals surface area contributed by atoms with Gasteiger partial charge < -0.3 is 10.1 Å². The van der Waals surface area contributed by atoms with E-state index in [-0.39, 0.29) is 10.9 Å². The zero-order valence-corrected chi connectivity index (χ0v) is 11.2. The molecule has 4 nitrogen and oxygen atoms in total. The number of anilines is 1. The van der Waals surface area contributed by atoms with E-state index in [0.29, 0.717) is 24.2 Å². The Kier molecular flexibility index (Phi) is 2.91. The van der Waals surface area contributed by atoms with Crippen LogP contribution in [0.15, 0.2) is 12.1 Å². The Morgan fingerprint density at radius 1 is 1.53 bits per heavy atom. The van der Waals surface area contributed by atoms with Gasteiger partial charge in [0.25, 0.3) is 0 Å². The lowest BCUT2D eigenvalue weighted by molar-refractivity contribution is -0.0230. The highest BCUT2D eigenvalue weighted by atomic mass is 35.5. The lowest BCUT2D eigenvalue weighted by Crippen LogP contribution is -2.52. The lowest BCUT2D eigenvalue weighted by Gasteiger charge is -2.43. The molecule has 1 aromatic carbocycles. The molecule has 1 unspecified atom stereocenters. The molecule has 1 saturated heterocycles. The number of piperidine rings is 1. The zero-order valence-electron chi connectivity index (χ0n) is 10.4. The highest BCUT2D eigenvalue weighted by molar-refractivity contribution is 6.31. The molecule has 0 radical (unpaired) electrons. The molecule has 1 amide bonds. The van der Waals surface area contributed by atoms with Crippen LogP contribution < -0.4 is 10.6 Å². The molecule has 2 aliphatic rings. The second kappa shape index (κ2) is 4.35. The normalized spacial score (nSPS) is 29.6. The van der Waals surface area contributed by atoms with E-state index >= 15 is 0 Å². The predicted molar refractivity (Wildman–Crippen MR) is 69.8 cm³/mol. The largest absolute Gasteiger partial charge is 0.436 e. The van der Waals surface area contributed by atoms with E-state index in [4.69, 9.17) is 16.3 Å². The van der Waals surface area contributed by atoms with Gasteiger partial charge in [0, 0.05) is 6.54 Å². The van der Waals surface area contributed by atoms with E-state index < -0.39 is 17.5 Å². The first-order valence-corrected chi connectivity index (χ1v) is 6.59. The topological polar surface area (TPSA) is 50.4 Å². The molecule has 2 atom stereocenters. The molecular formula is C13H14ClFN2O2. The minimum absolute atomic E-state index is 0.0381. The van der Waals surface area contributed by atoms with Crippen molar-refractivity contribution < 1.29 is 13.9 Å². The van der Waals surface area contributed by atoms with Crippen molar-refractivity contribution in [2.24, 2.45) is 5.92 Å². The van der Waals surface area contributed by atoms with Gasteiger partial charge in [-0.05, 0) is 31.0 Å². The van der Waals surface area contributed by atoms with E-state index in [2.05, 4.69) is 10.6 Å². The van der Waals surface area contributed by atoms with Gasteiger partial charge in [0.1, 0.15) is 0 Å². The molecule has 1 aromatic rings. The van der Waals surface area contributed by atoms with E-state index in [1.165, 1.54) is 6.07 Å². The fourth-order valence-electron chi connectivity index (χ4n) is 2.96. The maximum atomic E-state index is 14.4. The summed E-state index contributed by atoms with van der Waals surface area (Å²) in [7, 11) is 0. The highest BCUT2D eigenvalue weighted by Crippen LogP contribution is 2.44. The molecule has 2 aliphatic heterocycles. The Labute approximate surface area is 115 Å². The summed E-state index contributed by atoms with van der Waals surface area (Å²) in [6, 6.07) is 3.05. The number of carbonyl (C=O) groups is 1. The Bertz CT molecular complexity index is 552. The van der Waals surface area contributed by atoms with Crippen LogP contribution in [-0.2, 0) is 10.3 Å². The van der Waals surface area contributed by atoms with Crippen molar-refractivity contribution in [3.05, 3.63) is 28.5 Å². The molecular weight excluding hydrogens is 271 g/mol. The SMILES string of the molecule is C[C@H]1CNCC2(C1)OC(=O)Nc1ccc(Cl)c(F)c12. The minimum Gasteiger partial charge on any atom is -0.436 e. The van der Waals surface area contributed by atoms with Crippen LogP contribution in [0, 0.1) is 11.7 Å². The van der Waals surface area contributed by atoms with Gasteiger partial charge in [0.05, 0.1) is 16.3 Å². The molecule has 19 heavy (non-hydrogen) atoms. The highest BCUT2D eigenvalue weighted by Gasteiger charge is 2.47. The summed E-state index contributed by atoms with van der Waals surface area (Å²) < 4.78 is 19.8. The Hall–Kier alpha value is -1.33. The van der Waals surface area contributed by atoms with Gasteiger partial charge in [-0.25, -0.2) is 9.18 Å². The Morgan fingerprint density at radius 3 is 3.05 bits per heavy atom. The van der Waals surface area contributed by atoms with Gasteiger partial charge >= 0.3 is 6.09 Å². The third-order valence-electron chi connectivity index (χ3n) is 3.66. The van der Waals surface area contributed by atoms with Crippen LogP contribution in [0.25, 0.3) is 0 Å². The van der Waals surface area contributed by atoms with Crippen LogP contribution in [0.5, 0.6) is 0 Å². The summed E-state index contributed by atoms with van der Waals surface area (Å²) >= 11 is 5.86. The average molecular weight is 285 g/mol. The first kappa shape index (κ1) is 12.7. The van der Waals surface area contributed by atoms with Crippen molar-refractivity contribution in [2.45, 2.75) is 18.9 Å². The number of carbonyl (C=O) groups excluding carboxylic acids is 1. The number of nitrogens with one attached hydrogen (secondary N) is 2. The summed E-state index contributed by atoms with van der Waals surface area (Å²) in [5, 5.41) is 5.75. The summed E-state index contributed by atoms with van der Waals surface area (Å²) in [6.45, 7) is 3.26. The number of hydrogen-bond acceptors (Lipinski definition) is 3. The maximum Gasteiger partial charge on any atom is 0.412 e. The number of rotatable bonds is 0. The molecule has 2 heterocycles. The maximum absolute atomic E-state index is 14.4. The molecule has 1 spiro atoms. The van der Waals surface area contributed by atoms with E-state index in [1.54, 1.807) is 6.07 Å². The van der Waals surface area contributed by atoms with Gasteiger partial charge in [-0.2, -0.15) is 0 Å². The number of amides is 1.